The lowest BCUT2D eigenvalue weighted by Crippen LogP contribution is -2.40. The lowest BCUT2D eigenvalue weighted by Gasteiger charge is -2.30. The van der Waals surface area contributed by atoms with E-state index in [4.69, 9.17) is 9.84 Å². The van der Waals surface area contributed by atoms with Gasteiger partial charge in [-0.3, -0.25) is 4.31 Å². The molecular formula is C15H22N2O5S. The Balaban J connectivity index is 1.90. The van der Waals surface area contributed by atoms with E-state index in [1.54, 1.807) is 24.3 Å². The summed E-state index contributed by atoms with van der Waals surface area (Å²) in [7, 11) is -1.79. The zero-order chi connectivity index (χ0) is 17.0. The number of nitrogens with zero attached hydrogens (tertiary/aromatic N) is 2. The monoisotopic (exact) mass is 342 g/mol. The first-order chi connectivity index (χ1) is 10.8. The van der Waals surface area contributed by atoms with E-state index < -0.39 is 16.1 Å². The third kappa shape index (κ3) is 4.75. The van der Waals surface area contributed by atoms with Crippen molar-refractivity contribution in [3.8, 4) is 5.75 Å². The number of amides is 1. The van der Waals surface area contributed by atoms with Crippen LogP contribution in [-0.4, -0.2) is 57.5 Å². The second-order valence-corrected chi connectivity index (χ2v) is 7.79. The zero-order valence-electron chi connectivity index (χ0n) is 13.3. The van der Waals surface area contributed by atoms with Crippen LogP contribution in [0.1, 0.15) is 12.8 Å². The fourth-order valence-electron chi connectivity index (χ4n) is 2.53. The first kappa shape index (κ1) is 17.4. The van der Waals surface area contributed by atoms with Gasteiger partial charge in [0, 0.05) is 26.1 Å². The Kier molecular flexibility index (Phi) is 5.35. The largest absolute Gasteiger partial charge is 0.493 e. The summed E-state index contributed by atoms with van der Waals surface area (Å²) in [5, 5.41) is 9.02. The van der Waals surface area contributed by atoms with Gasteiger partial charge in [0.25, 0.3) is 0 Å². The van der Waals surface area contributed by atoms with Crippen LogP contribution in [0.3, 0.4) is 0 Å². The van der Waals surface area contributed by atoms with E-state index >= 15 is 0 Å². The van der Waals surface area contributed by atoms with Crippen LogP contribution >= 0.6 is 0 Å². The number of ether oxygens (including phenoxy) is 1. The summed E-state index contributed by atoms with van der Waals surface area (Å²) in [5.41, 5.74) is 0.564. The molecule has 23 heavy (non-hydrogen) atoms. The van der Waals surface area contributed by atoms with E-state index in [0.717, 1.165) is 19.1 Å². The molecule has 1 aliphatic rings. The van der Waals surface area contributed by atoms with Crippen molar-refractivity contribution in [3.05, 3.63) is 24.3 Å². The predicted molar refractivity (Wildman–Crippen MR) is 87.5 cm³/mol. The number of anilines is 1. The van der Waals surface area contributed by atoms with E-state index in [1.807, 2.05) is 0 Å². The summed E-state index contributed by atoms with van der Waals surface area (Å²) in [6.07, 6.45) is 2.05. The molecule has 7 nitrogen and oxygen atoms in total. The lowest BCUT2D eigenvalue weighted by atomic mass is 9.99. The Hall–Kier alpha value is -1.96. The highest BCUT2D eigenvalue weighted by Crippen LogP contribution is 2.22. The number of hydrogen-bond donors (Lipinski definition) is 1. The van der Waals surface area contributed by atoms with E-state index in [-0.39, 0.29) is 5.92 Å². The van der Waals surface area contributed by atoms with Crippen LogP contribution in [0.5, 0.6) is 5.75 Å². The van der Waals surface area contributed by atoms with Crippen LogP contribution in [-0.2, 0) is 10.0 Å². The van der Waals surface area contributed by atoms with E-state index in [9.17, 15) is 13.2 Å². The summed E-state index contributed by atoms with van der Waals surface area (Å²) in [4.78, 5) is 12.4. The van der Waals surface area contributed by atoms with Crippen molar-refractivity contribution in [1.29, 1.82) is 0 Å². The molecule has 0 bridgehead atoms. The van der Waals surface area contributed by atoms with Gasteiger partial charge in [-0.15, -0.1) is 0 Å². The highest BCUT2D eigenvalue weighted by Gasteiger charge is 2.23. The minimum atomic E-state index is -3.28. The van der Waals surface area contributed by atoms with Gasteiger partial charge in [-0.1, -0.05) is 0 Å². The molecule has 8 heteroatoms. The standard InChI is InChI=1S/C15H22N2O5S/c1-16(23(2,20)21)13-5-7-14(8-6-13)22-11-12-4-3-9-17(10-12)15(18)19/h5-8,12H,3-4,9-11H2,1-2H3,(H,18,19). The fourth-order valence-corrected chi connectivity index (χ4v) is 3.04. The molecule has 1 amide bonds. The second kappa shape index (κ2) is 7.08. The van der Waals surface area contributed by atoms with Crippen molar-refractivity contribution in [2.45, 2.75) is 12.8 Å². The number of hydrogen-bond acceptors (Lipinski definition) is 4. The van der Waals surface area contributed by atoms with Gasteiger partial charge in [0.2, 0.25) is 10.0 Å². The van der Waals surface area contributed by atoms with E-state index in [2.05, 4.69) is 0 Å². The van der Waals surface area contributed by atoms with Crippen LogP contribution in [0.4, 0.5) is 10.5 Å². The van der Waals surface area contributed by atoms with Crippen molar-refractivity contribution >= 4 is 21.8 Å². The van der Waals surface area contributed by atoms with Gasteiger partial charge in [0.15, 0.2) is 0 Å². The van der Waals surface area contributed by atoms with E-state index in [1.165, 1.54) is 16.3 Å². The topological polar surface area (TPSA) is 87.2 Å². The minimum Gasteiger partial charge on any atom is -0.493 e. The lowest BCUT2D eigenvalue weighted by molar-refractivity contribution is 0.105. The molecule has 0 spiro atoms. The molecule has 0 radical (unpaired) electrons. The summed E-state index contributed by atoms with van der Waals surface area (Å²) in [6.45, 7) is 1.52. The van der Waals surface area contributed by atoms with Crippen LogP contribution in [0.25, 0.3) is 0 Å². The molecule has 128 valence electrons. The van der Waals surface area contributed by atoms with Crippen LogP contribution in [0, 0.1) is 5.92 Å². The first-order valence-electron chi connectivity index (χ1n) is 7.42. The third-order valence-corrected chi connectivity index (χ3v) is 5.18. The van der Waals surface area contributed by atoms with Gasteiger partial charge in [-0.25, -0.2) is 13.2 Å². The molecule has 0 aromatic heterocycles. The van der Waals surface area contributed by atoms with Crippen molar-refractivity contribution in [2.75, 3.05) is 37.3 Å². The minimum absolute atomic E-state index is 0.179. The predicted octanol–water partition coefficient (Wildman–Crippen LogP) is 1.85. The Morgan fingerprint density at radius 1 is 1.39 bits per heavy atom. The maximum Gasteiger partial charge on any atom is 0.407 e. The fraction of sp³-hybridized carbons (Fsp3) is 0.533. The van der Waals surface area contributed by atoms with Gasteiger partial charge < -0.3 is 14.7 Å². The normalized spacial score (nSPS) is 18.5. The smallest absolute Gasteiger partial charge is 0.407 e. The first-order valence-corrected chi connectivity index (χ1v) is 9.27. The molecule has 1 N–H and O–H groups in total. The van der Waals surface area contributed by atoms with Crippen LogP contribution in [0.15, 0.2) is 24.3 Å². The number of sulfonamides is 1. The van der Waals surface area contributed by atoms with Crippen molar-refractivity contribution in [3.63, 3.8) is 0 Å². The molecule has 1 atom stereocenters. The number of benzene rings is 1. The van der Waals surface area contributed by atoms with Crippen LogP contribution < -0.4 is 9.04 Å². The molecule has 0 aliphatic carbocycles. The quantitative estimate of drug-likeness (QED) is 0.882. The maximum atomic E-state index is 11.5. The van der Waals surface area contributed by atoms with Gasteiger partial charge in [0.1, 0.15) is 5.75 Å². The van der Waals surface area contributed by atoms with Gasteiger partial charge in [-0.05, 0) is 37.1 Å². The van der Waals surface area contributed by atoms with Crippen LogP contribution in [0.2, 0.25) is 0 Å². The van der Waals surface area contributed by atoms with Gasteiger partial charge in [0.05, 0.1) is 18.6 Å². The number of carboxylic acid groups (broad SMARTS) is 1. The molecule has 0 saturated carbocycles. The van der Waals surface area contributed by atoms with Gasteiger partial charge >= 0.3 is 6.09 Å². The Labute approximate surface area is 136 Å². The van der Waals surface area contributed by atoms with Gasteiger partial charge in [-0.2, -0.15) is 0 Å². The van der Waals surface area contributed by atoms with Crippen molar-refractivity contribution in [2.24, 2.45) is 5.92 Å². The summed E-state index contributed by atoms with van der Waals surface area (Å²) in [5.74, 6) is 0.821. The summed E-state index contributed by atoms with van der Waals surface area (Å²) < 4.78 is 29.9. The zero-order valence-corrected chi connectivity index (χ0v) is 14.1. The molecule has 2 rings (SSSR count). The number of rotatable bonds is 5. The summed E-state index contributed by atoms with van der Waals surface area (Å²) >= 11 is 0. The molecule has 1 fully saturated rings. The number of carbonyl (C=O) groups is 1. The molecule has 1 aromatic carbocycles. The van der Waals surface area contributed by atoms with Crippen molar-refractivity contribution < 1.29 is 23.1 Å². The van der Waals surface area contributed by atoms with E-state index in [0.29, 0.717) is 31.1 Å². The number of piperidine rings is 1. The highest BCUT2D eigenvalue weighted by atomic mass is 32.2. The Morgan fingerprint density at radius 3 is 2.61 bits per heavy atom. The number of likely N-dealkylation sites (tertiary alicyclic amines) is 1. The second-order valence-electron chi connectivity index (χ2n) is 5.77. The molecule has 1 unspecified atom stereocenters. The molecule has 1 aliphatic heterocycles. The highest BCUT2D eigenvalue weighted by molar-refractivity contribution is 7.92. The molecule has 1 aromatic rings. The van der Waals surface area contributed by atoms with Crippen molar-refractivity contribution in [1.82, 2.24) is 4.90 Å². The third-order valence-electron chi connectivity index (χ3n) is 3.97. The molecule has 1 heterocycles. The maximum absolute atomic E-state index is 11.5. The average molecular weight is 342 g/mol. The molecular weight excluding hydrogens is 320 g/mol. The summed E-state index contributed by atoms with van der Waals surface area (Å²) in [6, 6.07) is 6.80. The Bertz CT molecular complexity index is 644. The molecule has 1 saturated heterocycles. The average Bonchev–Trinajstić information content (AvgIpc) is 2.52. The SMILES string of the molecule is CN(c1ccc(OCC2CCCN(C(=O)O)C2)cc1)S(C)(=O)=O. The Morgan fingerprint density at radius 2 is 2.04 bits per heavy atom.